The number of benzene rings is 2. The zero-order valence-electron chi connectivity index (χ0n) is 40.7. The molecule has 2 heterocycles. The number of anilines is 1. The number of aliphatic carboxylic acids is 3. The Labute approximate surface area is 414 Å². The third-order valence-electron chi connectivity index (χ3n) is 12.4. The van der Waals surface area contributed by atoms with Gasteiger partial charge in [0, 0.05) is 77.4 Å². The molecule has 4 rings (SSSR count). The van der Waals surface area contributed by atoms with Gasteiger partial charge < -0.3 is 46.2 Å². The average molecular weight is 995 g/mol. The van der Waals surface area contributed by atoms with Crippen molar-refractivity contribution in [3.63, 3.8) is 0 Å². The highest BCUT2D eigenvalue weighted by Crippen LogP contribution is 2.19. The van der Waals surface area contributed by atoms with E-state index in [1.54, 1.807) is 19.6 Å². The second-order valence-electron chi connectivity index (χ2n) is 18.1. The highest BCUT2D eigenvalue weighted by atomic mass is 16.4. The van der Waals surface area contributed by atoms with Crippen LogP contribution in [0.1, 0.15) is 73.4 Å². The summed E-state index contributed by atoms with van der Waals surface area (Å²) in [4.78, 5) is 109. The van der Waals surface area contributed by atoms with E-state index in [1.807, 2.05) is 31.2 Å². The number of amides is 5. The lowest BCUT2D eigenvalue weighted by molar-refractivity contribution is -0.140. The van der Waals surface area contributed by atoms with Crippen molar-refractivity contribution in [3.05, 3.63) is 65.2 Å². The first-order chi connectivity index (χ1) is 33.9. The largest absolute Gasteiger partial charge is 0.480 e. The lowest BCUT2D eigenvalue weighted by Crippen LogP contribution is -2.52. The van der Waals surface area contributed by atoms with E-state index in [1.165, 1.54) is 36.1 Å². The molecule has 2 fully saturated rings. The van der Waals surface area contributed by atoms with Crippen LogP contribution in [0.2, 0.25) is 0 Å². The fourth-order valence-corrected chi connectivity index (χ4v) is 8.39. The van der Waals surface area contributed by atoms with Gasteiger partial charge in [0.25, 0.3) is 11.8 Å². The minimum Gasteiger partial charge on any atom is -0.480 e. The quantitative estimate of drug-likeness (QED) is 0.0318. The number of rotatable bonds is 25. The molecular formula is C47H71BN10O13. The fourth-order valence-electron chi connectivity index (χ4n) is 8.39. The minimum atomic E-state index is -1.69. The molecule has 3 atom stereocenters. The fraction of sp³-hybridized carbons (Fsp3) is 0.574. The maximum absolute atomic E-state index is 13.8. The maximum Gasteiger partial charge on any atom is 0.475 e. The van der Waals surface area contributed by atoms with Gasteiger partial charge in [-0.25, -0.2) is 0 Å². The molecule has 23 nitrogen and oxygen atoms in total. The van der Waals surface area contributed by atoms with Gasteiger partial charge in [-0.3, -0.25) is 68.8 Å². The van der Waals surface area contributed by atoms with Gasteiger partial charge in [0.1, 0.15) is 12.1 Å². The first-order valence-corrected chi connectivity index (χ1v) is 24.2. The molecule has 0 bridgehead atoms. The highest BCUT2D eigenvalue weighted by molar-refractivity contribution is 6.43. The van der Waals surface area contributed by atoms with Gasteiger partial charge in [-0.1, -0.05) is 29.8 Å². The zero-order valence-corrected chi connectivity index (χ0v) is 40.7. The molecule has 71 heavy (non-hydrogen) atoms. The Kier molecular flexibility index (Phi) is 24.2. The molecule has 24 heteroatoms. The van der Waals surface area contributed by atoms with E-state index in [-0.39, 0.29) is 96.4 Å². The number of unbranched alkanes of at least 4 members (excludes halogenated alkanes) is 1. The van der Waals surface area contributed by atoms with Gasteiger partial charge in [0.2, 0.25) is 17.7 Å². The highest BCUT2D eigenvalue weighted by Gasteiger charge is 2.38. The van der Waals surface area contributed by atoms with E-state index in [0.29, 0.717) is 57.3 Å². The van der Waals surface area contributed by atoms with Gasteiger partial charge in [-0.15, -0.1) is 0 Å². The molecular weight excluding hydrogens is 923 g/mol. The van der Waals surface area contributed by atoms with E-state index in [4.69, 9.17) is 0 Å². The number of nitrogens with one attached hydrogen (secondary N) is 5. The third kappa shape index (κ3) is 21.4. The van der Waals surface area contributed by atoms with Crippen LogP contribution in [0.4, 0.5) is 5.69 Å². The first-order valence-electron chi connectivity index (χ1n) is 24.2. The SMILES string of the molecule is Cc1ccc(CCCC(=O)NCCCC[C@H](NC(=O)CN2CCN(CC(=O)O)CCN(CC(=O)O)CCN(CC(=O)O)CC2)C(=O)NNc2ccc(C(=O)N[C@H](C)C(=O)N3CCC[C@H]3B(O)O)cc2)cc1. The van der Waals surface area contributed by atoms with Crippen LogP contribution < -0.4 is 26.8 Å². The molecule has 10 N–H and O–H groups in total. The van der Waals surface area contributed by atoms with Crippen LogP contribution in [0.3, 0.4) is 0 Å². The number of nitrogens with zero attached hydrogens (tertiary/aromatic N) is 5. The minimum absolute atomic E-state index is 0.0954. The molecule has 2 aliphatic heterocycles. The van der Waals surface area contributed by atoms with Crippen molar-refractivity contribution in [1.82, 2.24) is 45.9 Å². The summed E-state index contributed by atoms with van der Waals surface area (Å²) >= 11 is 0. The van der Waals surface area contributed by atoms with Gasteiger partial charge >= 0.3 is 25.0 Å². The summed E-state index contributed by atoms with van der Waals surface area (Å²) < 4.78 is 0. The van der Waals surface area contributed by atoms with Crippen LogP contribution in [0.5, 0.6) is 0 Å². The van der Waals surface area contributed by atoms with Gasteiger partial charge in [0.15, 0.2) is 0 Å². The number of aryl methyl sites for hydroxylation is 2. The van der Waals surface area contributed by atoms with Crippen molar-refractivity contribution in [2.45, 2.75) is 83.2 Å². The molecule has 0 aromatic heterocycles. The normalized spacial score (nSPS) is 17.4. The number of hydrogen-bond acceptors (Lipinski definition) is 15. The second kappa shape index (κ2) is 29.9. The van der Waals surface area contributed by atoms with Crippen LogP contribution in [-0.2, 0) is 40.0 Å². The Bertz CT molecular complexity index is 2050. The molecule has 0 radical (unpaired) electrons. The molecule has 2 aromatic carbocycles. The van der Waals surface area contributed by atoms with Crippen LogP contribution in [-0.4, -0.2) is 214 Å². The molecule has 0 saturated carbocycles. The predicted molar refractivity (Wildman–Crippen MR) is 262 cm³/mol. The van der Waals surface area contributed by atoms with Crippen molar-refractivity contribution in [3.8, 4) is 0 Å². The summed E-state index contributed by atoms with van der Waals surface area (Å²) in [6.07, 6.45) is 3.95. The van der Waals surface area contributed by atoms with E-state index in [2.05, 4.69) is 26.8 Å². The van der Waals surface area contributed by atoms with Crippen molar-refractivity contribution in [1.29, 1.82) is 0 Å². The number of hydrogen-bond donors (Lipinski definition) is 10. The Morgan fingerprint density at radius 1 is 0.662 bits per heavy atom. The maximum atomic E-state index is 13.8. The molecule has 0 spiro atoms. The topological polar surface area (TPSA) is 314 Å². The summed E-state index contributed by atoms with van der Waals surface area (Å²) in [5.74, 6) is -6.21. The van der Waals surface area contributed by atoms with Crippen molar-refractivity contribution in [2.75, 3.05) is 97.1 Å². The van der Waals surface area contributed by atoms with Crippen molar-refractivity contribution < 1.29 is 63.7 Å². The van der Waals surface area contributed by atoms with Crippen LogP contribution in [0, 0.1) is 6.92 Å². The predicted octanol–water partition coefficient (Wildman–Crippen LogP) is -1.17. The van der Waals surface area contributed by atoms with Gasteiger partial charge in [-0.2, -0.15) is 0 Å². The molecule has 0 aliphatic carbocycles. The zero-order chi connectivity index (χ0) is 51.9. The van der Waals surface area contributed by atoms with Crippen molar-refractivity contribution >= 4 is 60.2 Å². The number of carbonyl (C=O) groups is 8. The number of carboxylic acid groups (broad SMARTS) is 3. The Hall–Kier alpha value is -6.18. The third-order valence-corrected chi connectivity index (χ3v) is 12.4. The van der Waals surface area contributed by atoms with Crippen LogP contribution >= 0.6 is 0 Å². The Morgan fingerprint density at radius 2 is 1.20 bits per heavy atom. The lowest BCUT2D eigenvalue weighted by atomic mass is 9.78. The number of carboxylic acids is 3. The van der Waals surface area contributed by atoms with Crippen molar-refractivity contribution in [2.24, 2.45) is 0 Å². The van der Waals surface area contributed by atoms with Crippen LogP contribution in [0.15, 0.2) is 48.5 Å². The molecule has 2 saturated heterocycles. The summed E-state index contributed by atoms with van der Waals surface area (Å²) in [5, 5.41) is 56.4. The van der Waals surface area contributed by atoms with Gasteiger partial charge in [0.05, 0.1) is 37.8 Å². The van der Waals surface area contributed by atoms with Crippen LogP contribution in [0.25, 0.3) is 0 Å². The monoisotopic (exact) mass is 995 g/mol. The Morgan fingerprint density at radius 3 is 1.72 bits per heavy atom. The smallest absolute Gasteiger partial charge is 0.475 e. The summed E-state index contributed by atoms with van der Waals surface area (Å²) in [6.45, 7) is 4.63. The van der Waals surface area contributed by atoms with E-state index < -0.39 is 66.7 Å². The first kappa shape index (κ1) is 57.4. The number of carbonyl (C=O) groups excluding carboxylic acids is 5. The summed E-state index contributed by atoms with van der Waals surface area (Å²) in [5.41, 5.74) is 8.32. The average Bonchev–Trinajstić information content (AvgIpc) is 3.82. The molecule has 2 aromatic rings. The molecule has 5 amide bonds. The van der Waals surface area contributed by atoms with E-state index >= 15 is 0 Å². The summed E-state index contributed by atoms with van der Waals surface area (Å²) in [7, 11) is -1.69. The molecule has 0 unspecified atom stereocenters. The number of likely N-dealkylation sites (tertiary alicyclic amines) is 1. The van der Waals surface area contributed by atoms with E-state index in [0.717, 1.165) is 17.5 Å². The molecule has 2 aliphatic rings. The number of hydrazine groups is 1. The lowest BCUT2D eigenvalue weighted by Gasteiger charge is -2.33. The second-order valence-corrected chi connectivity index (χ2v) is 18.1. The Balaban J connectivity index is 1.39. The van der Waals surface area contributed by atoms with E-state index in [9.17, 15) is 63.7 Å². The van der Waals surface area contributed by atoms with Gasteiger partial charge in [-0.05, 0) is 88.6 Å². The molecule has 390 valence electrons. The standard InChI is InChI=1S/C47H71BN10O13/c1-33-11-13-35(14-12-33)7-5-10-40(59)49-19-4-3-8-38(46(68)53-52-37-17-15-36(16-18-37)45(67)50-34(2)47(69)58-20-6-9-39(58)48(70)71)51-41(60)29-54-21-23-55(30-42(61)62)25-27-57(32-44(65)66)28-26-56(24-22-54)31-43(63)64/h11-18,34,38-39,52,70-71H,3-10,19-32H2,1-2H3,(H,49,59)(H,50,67)(H,51,60)(H,53,68)(H,61,62)(H,63,64)(H,65,66)/t34-,38+,39+/m1/s1. The summed E-state index contributed by atoms with van der Waals surface area (Å²) in [6, 6.07) is 12.2.